The van der Waals surface area contributed by atoms with Crippen LogP contribution in [-0.2, 0) is 16.8 Å². The van der Waals surface area contributed by atoms with E-state index in [1.165, 1.54) is 6.42 Å². The lowest BCUT2D eigenvalue weighted by Crippen LogP contribution is -2.59. The molecule has 26 heavy (non-hydrogen) atoms. The Balaban J connectivity index is 1.88. The number of hydrogen-bond donors (Lipinski definition) is 3. The molecule has 0 saturated heterocycles. The number of carbonyl (C=O) groups is 1. The second-order valence-corrected chi connectivity index (χ2v) is 7.93. The number of hydrogen-bond acceptors (Lipinski definition) is 6. The SMILES string of the molecule is CC1(C)C(=O)NCc2c(N3C(N)=NC(N)=NC34CCCCC4)cccc21. The molecule has 0 unspecified atom stereocenters. The van der Waals surface area contributed by atoms with Gasteiger partial charge >= 0.3 is 0 Å². The Morgan fingerprint density at radius 1 is 1.15 bits per heavy atom. The smallest absolute Gasteiger partial charge is 0.230 e. The Kier molecular flexibility index (Phi) is 3.71. The van der Waals surface area contributed by atoms with Crippen LogP contribution >= 0.6 is 0 Å². The third kappa shape index (κ3) is 2.37. The normalized spacial score (nSPS) is 23.8. The molecule has 3 aliphatic rings. The predicted molar refractivity (Wildman–Crippen MR) is 103 cm³/mol. The van der Waals surface area contributed by atoms with Crippen LogP contribution in [-0.4, -0.2) is 23.5 Å². The van der Waals surface area contributed by atoms with Crippen LogP contribution in [0, 0.1) is 0 Å². The lowest BCUT2D eigenvalue weighted by molar-refractivity contribution is -0.126. The second kappa shape index (κ2) is 5.72. The van der Waals surface area contributed by atoms with E-state index in [0.29, 0.717) is 12.5 Å². The van der Waals surface area contributed by atoms with E-state index in [0.717, 1.165) is 42.5 Å². The fourth-order valence-electron chi connectivity index (χ4n) is 4.54. The molecule has 1 aliphatic carbocycles. The van der Waals surface area contributed by atoms with Crippen LogP contribution in [0.2, 0.25) is 0 Å². The highest BCUT2D eigenvalue weighted by atomic mass is 16.2. The number of nitrogens with two attached hydrogens (primary N) is 2. The summed E-state index contributed by atoms with van der Waals surface area (Å²) in [6.45, 7) is 4.38. The Bertz CT molecular complexity index is 819. The van der Waals surface area contributed by atoms with Crippen LogP contribution in [0.1, 0.15) is 57.1 Å². The molecule has 1 fully saturated rings. The number of nitrogens with one attached hydrogen (secondary N) is 1. The van der Waals surface area contributed by atoms with Crippen LogP contribution in [0.25, 0.3) is 0 Å². The first-order chi connectivity index (χ1) is 12.3. The van der Waals surface area contributed by atoms with Gasteiger partial charge in [0.2, 0.25) is 17.8 Å². The maximum atomic E-state index is 12.4. The average Bonchev–Trinajstić information content (AvgIpc) is 2.59. The van der Waals surface area contributed by atoms with Crippen molar-refractivity contribution in [3.63, 3.8) is 0 Å². The number of carbonyl (C=O) groups excluding carboxylic acids is 1. The first-order valence-electron chi connectivity index (χ1n) is 9.25. The Hall–Kier alpha value is -2.57. The number of fused-ring (bicyclic) bond motifs is 1. The molecule has 0 aromatic heterocycles. The highest BCUT2D eigenvalue weighted by molar-refractivity contribution is 6.06. The van der Waals surface area contributed by atoms with Crippen molar-refractivity contribution >= 4 is 23.5 Å². The number of anilines is 1. The minimum Gasteiger partial charge on any atom is -0.369 e. The van der Waals surface area contributed by atoms with Gasteiger partial charge in [-0.3, -0.25) is 9.69 Å². The fourth-order valence-corrected chi connectivity index (χ4v) is 4.54. The maximum absolute atomic E-state index is 12.4. The van der Waals surface area contributed by atoms with Gasteiger partial charge in [0.15, 0.2) is 0 Å². The van der Waals surface area contributed by atoms with Crippen molar-refractivity contribution in [1.82, 2.24) is 5.32 Å². The lowest BCUT2D eigenvalue weighted by atomic mass is 9.77. The molecule has 0 bridgehead atoms. The van der Waals surface area contributed by atoms with Crippen LogP contribution in [0.5, 0.6) is 0 Å². The minimum absolute atomic E-state index is 0.0390. The van der Waals surface area contributed by atoms with E-state index < -0.39 is 11.1 Å². The lowest BCUT2D eigenvalue weighted by Gasteiger charge is -2.47. The zero-order valence-electron chi connectivity index (χ0n) is 15.4. The molecule has 0 atom stereocenters. The molecule has 7 nitrogen and oxygen atoms in total. The van der Waals surface area contributed by atoms with E-state index in [1.807, 2.05) is 32.0 Å². The summed E-state index contributed by atoms with van der Waals surface area (Å²) in [6, 6.07) is 6.06. The summed E-state index contributed by atoms with van der Waals surface area (Å²) in [5, 5.41) is 3.02. The Morgan fingerprint density at radius 2 is 1.88 bits per heavy atom. The number of benzene rings is 1. The van der Waals surface area contributed by atoms with Gasteiger partial charge in [0.1, 0.15) is 5.66 Å². The highest BCUT2D eigenvalue weighted by Crippen LogP contribution is 2.43. The van der Waals surface area contributed by atoms with Crippen LogP contribution in [0.4, 0.5) is 5.69 Å². The number of nitrogens with zero attached hydrogens (tertiary/aromatic N) is 3. The largest absolute Gasteiger partial charge is 0.369 e. The zero-order valence-corrected chi connectivity index (χ0v) is 15.4. The first-order valence-corrected chi connectivity index (χ1v) is 9.25. The van der Waals surface area contributed by atoms with Crippen molar-refractivity contribution in [2.45, 2.75) is 63.6 Å². The molecule has 5 N–H and O–H groups in total. The van der Waals surface area contributed by atoms with Gasteiger partial charge in [-0.05, 0) is 56.7 Å². The summed E-state index contributed by atoms with van der Waals surface area (Å²) in [4.78, 5) is 23.4. The molecular weight excluding hydrogens is 328 g/mol. The molecule has 7 heteroatoms. The fraction of sp³-hybridized carbons (Fsp3) is 0.526. The molecule has 0 radical (unpaired) electrons. The number of rotatable bonds is 1. The van der Waals surface area contributed by atoms with E-state index >= 15 is 0 Å². The monoisotopic (exact) mass is 354 g/mol. The molecule has 1 aromatic carbocycles. The molecule has 4 rings (SSSR count). The Morgan fingerprint density at radius 3 is 2.62 bits per heavy atom. The van der Waals surface area contributed by atoms with Gasteiger partial charge in [-0.25, -0.2) is 4.99 Å². The van der Waals surface area contributed by atoms with Crippen molar-refractivity contribution in [3.05, 3.63) is 29.3 Å². The molecule has 1 spiro atoms. The van der Waals surface area contributed by atoms with Gasteiger partial charge in [-0.1, -0.05) is 18.6 Å². The van der Waals surface area contributed by atoms with Crippen LogP contribution in [0.15, 0.2) is 28.2 Å². The third-order valence-corrected chi connectivity index (χ3v) is 5.91. The van der Waals surface area contributed by atoms with Gasteiger partial charge < -0.3 is 16.8 Å². The average molecular weight is 354 g/mol. The highest BCUT2D eigenvalue weighted by Gasteiger charge is 2.45. The molecule has 2 heterocycles. The van der Waals surface area contributed by atoms with Crippen molar-refractivity contribution in [2.75, 3.05) is 4.90 Å². The van der Waals surface area contributed by atoms with Crippen molar-refractivity contribution in [2.24, 2.45) is 21.5 Å². The predicted octanol–water partition coefficient (Wildman–Crippen LogP) is 1.70. The zero-order chi connectivity index (χ0) is 18.5. The summed E-state index contributed by atoms with van der Waals surface area (Å²) in [6.07, 6.45) is 5.14. The standard InChI is InChI=1S/C19H26N6O/c1-18(2)13-7-6-8-14(12(13)11-22-15(18)26)25-17(21)23-16(20)24-19(25)9-4-3-5-10-19/h6-8H,3-5,9-11H2,1-2H3,(H,22,26)(H4,20,21,23,24). The molecule has 2 aliphatic heterocycles. The van der Waals surface area contributed by atoms with Gasteiger partial charge in [-0.2, -0.15) is 4.99 Å². The van der Waals surface area contributed by atoms with Gasteiger partial charge in [0, 0.05) is 6.54 Å². The topological polar surface area (TPSA) is 109 Å². The number of guanidine groups is 2. The van der Waals surface area contributed by atoms with E-state index in [4.69, 9.17) is 16.5 Å². The van der Waals surface area contributed by atoms with E-state index in [2.05, 4.69) is 15.2 Å². The second-order valence-electron chi connectivity index (χ2n) is 7.93. The third-order valence-electron chi connectivity index (χ3n) is 5.91. The van der Waals surface area contributed by atoms with Gasteiger partial charge in [0.05, 0.1) is 11.1 Å². The quantitative estimate of drug-likeness (QED) is 0.713. The summed E-state index contributed by atoms with van der Waals surface area (Å²) in [7, 11) is 0. The van der Waals surface area contributed by atoms with E-state index in [1.54, 1.807) is 0 Å². The summed E-state index contributed by atoms with van der Waals surface area (Å²) < 4.78 is 0. The molecule has 1 aromatic rings. The molecular formula is C19H26N6O. The van der Waals surface area contributed by atoms with E-state index in [9.17, 15) is 4.79 Å². The van der Waals surface area contributed by atoms with Crippen LogP contribution < -0.4 is 21.7 Å². The Labute approximate surface area is 153 Å². The summed E-state index contributed by atoms with van der Waals surface area (Å²) >= 11 is 0. The van der Waals surface area contributed by atoms with Crippen molar-refractivity contribution in [1.29, 1.82) is 0 Å². The van der Waals surface area contributed by atoms with Gasteiger partial charge in [-0.15, -0.1) is 0 Å². The summed E-state index contributed by atoms with van der Waals surface area (Å²) in [5.74, 6) is 0.665. The molecule has 1 amide bonds. The summed E-state index contributed by atoms with van der Waals surface area (Å²) in [5.41, 5.74) is 14.3. The molecule has 1 saturated carbocycles. The maximum Gasteiger partial charge on any atom is 0.230 e. The minimum atomic E-state index is -0.590. The molecule has 138 valence electrons. The number of aliphatic imine (C=N–C) groups is 2. The van der Waals surface area contributed by atoms with E-state index in [-0.39, 0.29) is 11.9 Å². The van der Waals surface area contributed by atoms with Gasteiger partial charge in [0.25, 0.3) is 0 Å². The number of amides is 1. The first kappa shape index (κ1) is 16.9. The van der Waals surface area contributed by atoms with Crippen molar-refractivity contribution < 1.29 is 4.79 Å². The van der Waals surface area contributed by atoms with Crippen molar-refractivity contribution in [3.8, 4) is 0 Å². The van der Waals surface area contributed by atoms with Crippen LogP contribution in [0.3, 0.4) is 0 Å².